The SMILES string of the molecule is COc1ccc(C2CNCCC2N(C)C)cc1OC. The molecule has 19 heavy (non-hydrogen) atoms. The van der Waals surface area contributed by atoms with Gasteiger partial charge in [0.1, 0.15) is 0 Å². The molecule has 1 aromatic carbocycles. The summed E-state index contributed by atoms with van der Waals surface area (Å²) in [6.45, 7) is 2.10. The van der Waals surface area contributed by atoms with Gasteiger partial charge in [0, 0.05) is 18.5 Å². The van der Waals surface area contributed by atoms with E-state index in [-0.39, 0.29) is 0 Å². The van der Waals surface area contributed by atoms with Crippen LogP contribution in [0.15, 0.2) is 18.2 Å². The van der Waals surface area contributed by atoms with E-state index < -0.39 is 0 Å². The molecule has 2 rings (SSSR count). The number of methoxy groups -OCH3 is 2. The minimum Gasteiger partial charge on any atom is -0.493 e. The third kappa shape index (κ3) is 3.01. The molecule has 0 bridgehead atoms. The molecule has 4 heteroatoms. The predicted octanol–water partition coefficient (Wildman–Crippen LogP) is 1.71. The van der Waals surface area contributed by atoms with Gasteiger partial charge in [-0.15, -0.1) is 0 Å². The van der Waals surface area contributed by atoms with E-state index in [9.17, 15) is 0 Å². The molecule has 0 aromatic heterocycles. The lowest BCUT2D eigenvalue weighted by Gasteiger charge is -2.37. The van der Waals surface area contributed by atoms with Gasteiger partial charge in [-0.25, -0.2) is 0 Å². The van der Waals surface area contributed by atoms with Gasteiger partial charge in [0.25, 0.3) is 0 Å². The van der Waals surface area contributed by atoms with E-state index in [1.165, 1.54) is 12.0 Å². The minimum atomic E-state index is 0.489. The van der Waals surface area contributed by atoms with Crippen LogP contribution in [0.3, 0.4) is 0 Å². The molecular formula is C15H24N2O2. The number of hydrogen-bond acceptors (Lipinski definition) is 4. The summed E-state index contributed by atoms with van der Waals surface area (Å²) < 4.78 is 10.7. The highest BCUT2D eigenvalue weighted by molar-refractivity contribution is 5.44. The zero-order valence-electron chi connectivity index (χ0n) is 12.3. The Morgan fingerprint density at radius 3 is 2.53 bits per heavy atom. The Hall–Kier alpha value is -1.26. The van der Waals surface area contributed by atoms with Crippen molar-refractivity contribution in [2.45, 2.75) is 18.4 Å². The highest BCUT2D eigenvalue weighted by Gasteiger charge is 2.28. The van der Waals surface area contributed by atoms with Crippen LogP contribution >= 0.6 is 0 Å². The van der Waals surface area contributed by atoms with E-state index in [0.29, 0.717) is 12.0 Å². The fourth-order valence-electron chi connectivity index (χ4n) is 2.89. The summed E-state index contributed by atoms with van der Waals surface area (Å²) in [4.78, 5) is 2.32. The number of ether oxygens (including phenoxy) is 2. The molecule has 106 valence electrons. The molecule has 0 aliphatic carbocycles. The molecule has 1 fully saturated rings. The normalized spacial score (nSPS) is 23.4. The predicted molar refractivity (Wildman–Crippen MR) is 77.2 cm³/mol. The summed E-state index contributed by atoms with van der Waals surface area (Å²) >= 11 is 0. The van der Waals surface area contributed by atoms with Gasteiger partial charge in [0.15, 0.2) is 11.5 Å². The Balaban J connectivity index is 2.28. The van der Waals surface area contributed by atoms with Gasteiger partial charge in [-0.05, 0) is 44.8 Å². The molecular weight excluding hydrogens is 240 g/mol. The first-order valence-corrected chi connectivity index (χ1v) is 6.76. The quantitative estimate of drug-likeness (QED) is 0.897. The van der Waals surface area contributed by atoms with Crippen molar-refractivity contribution in [2.24, 2.45) is 0 Å². The Bertz CT molecular complexity index is 421. The maximum Gasteiger partial charge on any atom is 0.160 e. The standard InChI is InChI=1S/C15H24N2O2/c1-17(2)13-7-8-16-10-12(13)11-5-6-14(18-3)15(9-11)19-4/h5-6,9,12-13,16H,7-8,10H2,1-4H3. The van der Waals surface area contributed by atoms with Gasteiger partial charge >= 0.3 is 0 Å². The van der Waals surface area contributed by atoms with Gasteiger partial charge in [-0.2, -0.15) is 0 Å². The fraction of sp³-hybridized carbons (Fsp3) is 0.600. The van der Waals surface area contributed by atoms with Crippen LogP contribution in [0, 0.1) is 0 Å². The molecule has 0 amide bonds. The molecule has 2 unspecified atom stereocenters. The highest BCUT2D eigenvalue weighted by atomic mass is 16.5. The average Bonchev–Trinajstić information content (AvgIpc) is 2.46. The first kappa shape index (κ1) is 14.2. The fourth-order valence-corrected chi connectivity index (χ4v) is 2.89. The number of piperidine rings is 1. The van der Waals surface area contributed by atoms with E-state index in [2.05, 4.69) is 36.4 Å². The van der Waals surface area contributed by atoms with Crippen LogP contribution in [0.4, 0.5) is 0 Å². The molecule has 1 aromatic rings. The van der Waals surface area contributed by atoms with Gasteiger partial charge in [0.2, 0.25) is 0 Å². The van der Waals surface area contributed by atoms with Gasteiger partial charge in [0.05, 0.1) is 14.2 Å². The minimum absolute atomic E-state index is 0.489. The van der Waals surface area contributed by atoms with Crippen LogP contribution in [0.1, 0.15) is 17.9 Å². The molecule has 1 aliphatic heterocycles. The summed E-state index contributed by atoms with van der Waals surface area (Å²) in [6.07, 6.45) is 1.17. The second-order valence-electron chi connectivity index (χ2n) is 5.24. The topological polar surface area (TPSA) is 33.7 Å². The molecule has 1 heterocycles. The van der Waals surface area contributed by atoms with Crippen molar-refractivity contribution in [1.29, 1.82) is 0 Å². The molecule has 2 atom stereocenters. The van der Waals surface area contributed by atoms with E-state index >= 15 is 0 Å². The Morgan fingerprint density at radius 1 is 1.16 bits per heavy atom. The summed E-state index contributed by atoms with van der Waals surface area (Å²) in [5.74, 6) is 2.09. The summed E-state index contributed by atoms with van der Waals surface area (Å²) in [5.41, 5.74) is 1.31. The monoisotopic (exact) mass is 264 g/mol. The maximum atomic E-state index is 5.40. The number of hydrogen-bond donors (Lipinski definition) is 1. The molecule has 1 N–H and O–H groups in total. The van der Waals surface area contributed by atoms with E-state index in [0.717, 1.165) is 24.6 Å². The van der Waals surface area contributed by atoms with Crippen LogP contribution in [0.25, 0.3) is 0 Å². The van der Waals surface area contributed by atoms with Crippen LogP contribution in [0.2, 0.25) is 0 Å². The van der Waals surface area contributed by atoms with Crippen LogP contribution < -0.4 is 14.8 Å². The first-order valence-electron chi connectivity index (χ1n) is 6.76. The smallest absolute Gasteiger partial charge is 0.160 e. The lowest BCUT2D eigenvalue weighted by Crippen LogP contribution is -2.45. The molecule has 0 radical (unpaired) electrons. The number of nitrogens with zero attached hydrogens (tertiary/aromatic N) is 1. The molecule has 1 aliphatic rings. The lowest BCUT2D eigenvalue weighted by atomic mass is 9.86. The molecule has 0 spiro atoms. The van der Waals surface area contributed by atoms with Crippen molar-refractivity contribution < 1.29 is 9.47 Å². The van der Waals surface area contributed by atoms with Gasteiger partial charge < -0.3 is 19.7 Å². The molecule has 0 saturated carbocycles. The van der Waals surface area contributed by atoms with Crippen molar-refractivity contribution in [3.8, 4) is 11.5 Å². The maximum absolute atomic E-state index is 5.40. The van der Waals surface area contributed by atoms with Crippen molar-refractivity contribution in [2.75, 3.05) is 41.4 Å². The summed E-state index contributed by atoms with van der Waals surface area (Å²) in [7, 11) is 7.67. The molecule has 1 saturated heterocycles. The van der Waals surface area contributed by atoms with Gasteiger partial charge in [-0.3, -0.25) is 0 Å². The Labute approximate surface area is 115 Å². The Morgan fingerprint density at radius 2 is 1.89 bits per heavy atom. The van der Waals surface area contributed by atoms with E-state index in [1.807, 2.05) is 6.07 Å². The zero-order chi connectivity index (χ0) is 13.8. The van der Waals surface area contributed by atoms with Crippen molar-refractivity contribution in [3.05, 3.63) is 23.8 Å². The van der Waals surface area contributed by atoms with Crippen LogP contribution in [-0.2, 0) is 0 Å². The number of nitrogens with one attached hydrogen (secondary N) is 1. The third-order valence-electron chi connectivity index (χ3n) is 3.94. The summed E-state index contributed by atoms with van der Waals surface area (Å²) in [5, 5.41) is 3.49. The second kappa shape index (κ2) is 6.26. The second-order valence-corrected chi connectivity index (χ2v) is 5.24. The number of likely N-dealkylation sites (N-methyl/N-ethyl adjacent to an activating group) is 1. The van der Waals surface area contributed by atoms with E-state index in [4.69, 9.17) is 9.47 Å². The summed E-state index contributed by atoms with van der Waals surface area (Å²) in [6, 6.07) is 6.82. The highest BCUT2D eigenvalue weighted by Crippen LogP contribution is 2.33. The molecule has 4 nitrogen and oxygen atoms in total. The first-order chi connectivity index (χ1) is 9.17. The van der Waals surface area contributed by atoms with Crippen molar-refractivity contribution >= 4 is 0 Å². The lowest BCUT2D eigenvalue weighted by molar-refractivity contribution is 0.209. The zero-order valence-corrected chi connectivity index (χ0v) is 12.3. The third-order valence-corrected chi connectivity index (χ3v) is 3.94. The van der Waals surface area contributed by atoms with Crippen molar-refractivity contribution in [1.82, 2.24) is 10.2 Å². The number of rotatable bonds is 4. The van der Waals surface area contributed by atoms with Gasteiger partial charge in [-0.1, -0.05) is 6.07 Å². The Kier molecular flexibility index (Phi) is 4.66. The number of benzene rings is 1. The van der Waals surface area contributed by atoms with Crippen LogP contribution in [-0.4, -0.2) is 52.3 Å². The average molecular weight is 264 g/mol. The van der Waals surface area contributed by atoms with Crippen molar-refractivity contribution in [3.63, 3.8) is 0 Å². The largest absolute Gasteiger partial charge is 0.493 e. The van der Waals surface area contributed by atoms with Crippen LogP contribution in [0.5, 0.6) is 11.5 Å². The van der Waals surface area contributed by atoms with E-state index in [1.54, 1.807) is 14.2 Å².